The Morgan fingerprint density at radius 1 is 1.18 bits per heavy atom. The summed E-state index contributed by atoms with van der Waals surface area (Å²) in [5.41, 5.74) is 7.75. The summed E-state index contributed by atoms with van der Waals surface area (Å²) in [6, 6.07) is 5.97. The third-order valence-electron chi connectivity index (χ3n) is 6.96. The number of hydrazine groups is 1. The van der Waals surface area contributed by atoms with E-state index in [0.717, 1.165) is 66.3 Å². The molecule has 0 saturated heterocycles. The van der Waals surface area contributed by atoms with Crippen LogP contribution in [0.5, 0.6) is 5.75 Å². The van der Waals surface area contributed by atoms with Gasteiger partial charge in [0.1, 0.15) is 5.75 Å². The van der Waals surface area contributed by atoms with E-state index in [0.29, 0.717) is 10.9 Å². The highest BCUT2D eigenvalue weighted by molar-refractivity contribution is 6.31. The molecule has 3 rings (SSSR count). The summed E-state index contributed by atoms with van der Waals surface area (Å²) >= 11 is 6.53. The van der Waals surface area contributed by atoms with Crippen LogP contribution in [0.25, 0.3) is 11.3 Å². The van der Waals surface area contributed by atoms with Crippen LogP contribution in [0.4, 0.5) is 0 Å². The molecule has 0 spiro atoms. The molecule has 0 aliphatic heterocycles. The zero-order chi connectivity index (χ0) is 24.0. The molecule has 33 heavy (non-hydrogen) atoms. The van der Waals surface area contributed by atoms with Gasteiger partial charge in [0.15, 0.2) is 0 Å². The van der Waals surface area contributed by atoms with E-state index in [9.17, 15) is 4.79 Å². The van der Waals surface area contributed by atoms with Gasteiger partial charge in [-0.25, -0.2) is 5.01 Å². The molecule has 1 heterocycles. The fourth-order valence-corrected chi connectivity index (χ4v) is 4.99. The van der Waals surface area contributed by atoms with Gasteiger partial charge in [-0.1, -0.05) is 51.1 Å². The van der Waals surface area contributed by atoms with E-state index in [1.54, 1.807) is 7.11 Å². The quantitative estimate of drug-likeness (QED) is 0.387. The van der Waals surface area contributed by atoms with Crippen LogP contribution < -0.4 is 10.2 Å². The number of rotatable bonds is 10. The molecule has 0 radical (unpaired) electrons. The topological polar surface area (TPSA) is 46.5 Å². The number of aromatic nitrogens is 1. The van der Waals surface area contributed by atoms with Crippen molar-refractivity contribution in [1.82, 2.24) is 15.0 Å². The first-order valence-corrected chi connectivity index (χ1v) is 12.9. The van der Waals surface area contributed by atoms with E-state index in [1.165, 1.54) is 32.1 Å². The number of unbranched alkanes of at least 4 members (excludes halogenated alkanes) is 1. The van der Waals surface area contributed by atoms with Crippen molar-refractivity contribution in [1.29, 1.82) is 0 Å². The molecule has 6 heteroatoms. The highest BCUT2D eigenvalue weighted by Gasteiger charge is 2.24. The summed E-state index contributed by atoms with van der Waals surface area (Å²) in [5, 5.41) is 2.71. The predicted molar refractivity (Wildman–Crippen MR) is 137 cm³/mol. The fourth-order valence-electron chi connectivity index (χ4n) is 4.83. The molecule has 5 nitrogen and oxygen atoms in total. The third-order valence-corrected chi connectivity index (χ3v) is 7.36. The average molecular weight is 474 g/mol. The van der Waals surface area contributed by atoms with Crippen LogP contribution in [-0.2, 0) is 6.54 Å². The Morgan fingerprint density at radius 2 is 1.91 bits per heavy atom. The Hall–Kier alpha value is -1.98. The molecular weight excluding hydrogens is 434 g/mol. The van der Waals surface area contributed by atoms with E-state index in [1.807, 2.05) is 30.1 Å². The number of amides is 1. The molecule has 1 aliphatic rings. The second-order valence-electron chi connectivity index (χ2n) is 9.32. The smallest absolute Gasteiger partial charge is 0.267 e. The van der Waals surface area contributed by atoms with Gasteiger partial charge in [-0.15, -0.1) is 0 Å². The number of carbonyl (C=O) groups excluding carboxylic acids is 1. The van der Waals surface area contributed by atoms with Gasteiger partial charge < -0.3 is 9.30 Å². The van der Waals surface area contributed by atoms with Gasteiger partial charge in [0, 0.05) is 35.9 Å². The van der Waals surface area contributed by atoms with E-state index in [2.05, 4.69) is 30.8 Å². The number of nitrogens with zero attached hydrogens (tertiary/aromatic N) is 2. The average Bonchev–Trinajstić information content (AvgIpc) is 3.14. The van der Waals surface area contributed by atoms with Crippen molar-refractivity contribution in [3.8, 4) is 17.0 Å². The normalized spacial score (nSPS) is 14.6. The molecule has 182 valence electrons. The molecule has 1 fully saturated rings. The van der Waals surface area contributed by atoms with Crippen molar-refractivity contribution in [3.05, 3.63) is 40.0 Å². The lowest BCUT2D eigenvalue weighted by molar-refractivity contribution is 0.0793. The van der Waals surface area contributed by atoms with Gasteiger partial charge in [-0.3, -0.25) is 10.2 Å². The summed E-state index contributed by atoms with van der Waals surface area (Å²) in [7, 11) is 1.69. The summed E-state index contributed by atoms with van der Waals surface area (Å²) in [5.74, 6) is 1.36. The zero-order valence-electron chi connectivity index (χ0n) is 21.0. The van der Waals surface area contributed by atoms with Crippen LogP contribution in [0.1, 0.15) is 80.4 Å². The van der Waals surface area contributed by atoms with Crippen LogP contribution in [0.15, 0.2) is 18.2 Å². The van der Waals surface area contributed by atoms with Gasteiger partial charge in [-0.05, 0) is 62.8 Å². The number of hydrogen-bond donors (Lipinski definition) is 1. The van der Waals surface area contributed by atoms with Crippen LogP contribution in [0, 0.1) is 19.8 Å². The molecule has 1 N–H and O–H groups in total. The van der Waals surface area contributed by atoms with Gasteiger partial charge in [0.05, 0.1) is 18.4 Å². The minimum atomic E-state index is -0.0497. The molecule has 1 aromatic carbocycles. The molecule has 1 aliphatic carbocycles. The number of nitrogens with one attached hydrogen (secondary N) is 1. The second kappa shape index (κ2) is 11.9. The molecule has 0 atom stereocenters. The van der Waals surface area contributed by atoms with Crippen LogP contribution in [0.3, 0.4) is 0 Å². The Morgan fingerprint density at radius 3 is 2.55 bits per heavy atom. The number of ether oxygens (including phenoxy) is 1. The maximum atomic E-state index is 13.3. The fraction of sp³-hybridized carbons (Fsp3) is 0.593. The summed E-state index contributed by atoms with van der Waals surface area (Å²) in [4.78, 5) is 13.3. The number of hydrogen-bond acceptors (Lipinski definition) is 3. The Bertz CT molecular complexity index is 947. The zero-order valence-corrected chi connectivity index (χ0v) is 21.7. The number of aryl methyl sites for hydroxylation is 1. The molecule has 2 aromatic rings. The summed E-state index contributed by atoms with van der Waals surface area (Å²) < 4.78 is 8.05. The molecule has 1 amide bonds. The number of halogens is 1. The lowest BCUT2D eigenvalue weighted by atomic mass is 9.89. The van der Waals surface area contributed by atoms with Crippen LogP contribution in [-0.4, -0.2) is 35.7 Å². The van der Waals surface area contributed by atoms with Crippen molar-refractivity contribution in [2.24, 2.45) is 5.92 Å². The van der Waals surface area contributed by atoms with E-state index in [4.69, 9.17) is 16.3 Å². The Labute approximate surface area is 204 Å². The first-order chi connectivity index (χ1) is 15.9. The van der Waals surface area contributed by atoms with Crippen molar-refractivity contribution in [3.63, 3.8) is 0 Å². The first-order valence-electron chi connectivity index (χ1n) is 12.5. The molecule has 0 unspecified atom stereocenters. The van der Waals surface area contributed by atoms with Gasteiger partial charge >= 0.3 is 0 Å². The molecular formula is C27H40ClN3O2. The summed E-state index contributed by atoms with van der Waals surface area (Å²) in [6.45, 7) is 10.8. The molecule has 1 saturated carbocycles. The Balaban J connectivity index is 2.02. The maximum absolute atomic E-state index is 13.3. The summed E-state index contributed by atoms with van der Waals surface area (Å²) in [6.07, 6.45) is 8.54. The monoisotopic (exact) mass is 473 g/mol. The van der Waals surface area contributed by atoms with Crippen LogP contribution in [0.2, 0.25) is 5.02 Å². The Kier molecular flexibility index (Phi) is 9.27. The minimum absolute atomic E-state index is 0.0497. The minimum Gasteiger partial charge on any atom is -0.496 e. The molecule has 1 aromatic heterocycles. The number of methoxy groups -OCH3 is 1. The lowest BCUT2D eigenvalue weighted by Crippen LogP contribution is -2.42. The van der Waals surface area contributed by atoms with Gasteiger partial charge in [-0.2, -0.15) is 0 Å². The number of benzene rings is 1. The van der Waals surface area contributed by atoms with Crippen LogP contribution >= 0.6 is 11.6 Å². The standard InChI is InChI=1S/C27H40ClN3O2/c1-6-8-14-30(7-2)29-27(32)22-17-25(23-16-24(28)19(3)15-26(23)33-5)31(20(22)4)18-21-12-10-9-11-13-21/h15-17,21H,6-14,18H2,1-5H3,(H,29,32). The molecule has 0 bridgehead atoms. The van der Waals surface area contributed by atoms with Crippen molar-refractivity contribution in [2.75, 3.05) is 20.2 Å². The van der Waals surface area contributed by atoms with E-state index < -0.39 is 0 Å². The largest absolute Gasteiger partial charge is 0.496 e. The third kappa shape index (κ3) is 6.13. The van der Waals surface area contributed by atoms with Crippen molar-refractivity contribution >= 4 is 17.5 Å². The highest BCUT2D eigenvalue weighted by atomic mass is 35.5. The SMILES string of the molecule is CCCCN(CC)NC(=O)c1cc(-c2cc(Cl)c(C)cc2OC)n(CC2CCCCC2)c1C. The maximum Gasteiger partial charge on any atom is 0.267 e. The second-order valence-corrected chi connectivity index (χ2v) is 9.73. The van der Waals surface area contributed by atoms with Gasteiger partial charge in [0.25, 0.3) is 5.91 Å². The van der Waals surface area contributed by atoms with Gasteiger partial charge in [0.2, 0.25) is 0 Å². The van der Waals surface area contributed by atoms with E-state index >= 15 is 0 Å². The predicted octanol–water partition coefficient (Wildman–Crippen LogP) is 6.78. The first kappa shape index (κ1) is 25.6. The van der Waals surface area contributed by atoms with E-state index in [-0.39, 0.29) is 5.91 Å². The van der Waals surface area contributed by atoms with Crippen molar-refractivity contribution in [2.45, 2.75) is 79.2 Å². The highest BCUT2D eigenvalue weighted by Crippen LogP contribution is 2.38. The number of carbonyl (C=O) groups is 1. The van der Waals surface area contributed by atoms with Crippen molar-refractivity contribution < 1.29 is 9.53 Å². The lowest BCUT2D eigenvalue weighted by Gasteiger charge is -2.25.